The largest absolute Gasteiger partial charge is 0.396 e. The molecule has 1 fully saturated rings. The predicted molar refractivity (Wildman–Crippen MR) is 43.0 cm³/mol. The van der Waals surface area contributed by atoms with Crippen molar-refractivity contribution in [3.63, 3.8) is 0 Å². The molecule has 72 valence electrons. The summed E-state index contributed by atoms with van der Waals surface area (Å²) < 4.78 is 15.7. The van der Waals surface area contributed by atoms with Crippen molar-refractivity contribution < 1.29 is 19.3 Å². The summed E-state index contributed by atoms with van der Waals surface area (Å²) in [5, 5.41) is 8.88. The summed E-state index contributed by atoms with van der Waals surface area (Å²) in [5.41, 5.74) is 0. The van der Waals surface area contributed by atoms with Crippen molar-refractivity contribution in [2.45, 2.75) is 0 Å². The second kappa shape index (κ2) is 6.37. The number of ether oxygens (including phenoxy) is 3. The van der Waals surface area contributed by atoms with Gasteiger partial charge in [-0.2, -0.15) is 0 Å². The molecule has 4 nitrogen and oxygen atoms in total. The van der Waals surface area contributed by atoms with E-state index < -0.39 is 0 Å². The van der Waals surface area contributed by atoms with Crippen molar-refractivity contribution in [1.29, 1.82) is 0 Å². The molecule has 0 radical (unpaired) electrons. The molecule has 0 saturated carbocycles. The first-order valence-electron chi connectivity index (χ1n) is 4.27. The Bertz CT molecular complexity index is 97.2. The Labute approximate surface area is 72.4 Å². The molecule has 0 unspecified atom stereocenters. The number of aliphatic hydroxyl groups excluding tert-OH is 1. The third-order valence-electron chi connectivity index (χ3n) is 1.71. The Kier molecular flexibility index (Phi) is 5.27. The van der Waals surface area contributed by atoms with E-state index in [0.29, 0.717) is 39.6 Å². The molecule has 0 bridgehead atoms. The van der Waals surface area contributed by atoms with Crippen LogP contribution < -0.4 is 0 Å². The lowest BCUT2D eigenvalue weighted by Crippen LogP contribution is -2.24. The number of rotatable bonds is 1. The maximum atomic E-state index is 8.88. The van der Waals surface area contributed by atoms with Crippen molar-refractivity contribution in [2.24, 2.45) is 5.92 Å². The third-order valence-corrected chi connectivity index (χ3v) is 1.71. The van der Waals surface area contributed by atoms with Gasteiger partial charge in [0.25, 0.3) is 0 Å². The third kappa shape index (κ3) is 4.01. The van der Waals surface area contributed by atoms with Crippen LogP contribution in [0, 0.1) is 5.92 Å². The van der Waals surface area contributed by atoms with Crippen molar-refractivity contribution in [1.82, 2.24) is 0 Å². The molecule has 0 spiro atoms. The smallest absolute Gasteiger partial charge is 0.0701 e. The van der Waals surface area contributed by atoms with Gasteiger partial charge in [0.05, 0.1) is 46.2 Å². The van der Waals surface area contributed by atoms with Gasteiger partial charge in [-0.3, -0.25) is 0 Å². The van der Waals surface area contributed by atoms with E-state index in [2.05, 4.69) is 0 Å². The van der Waals surface area contributed by atoms with Gasteiger partial charge in [0.15, 0.2) is 0 Å². The molecule has 1 N–H and O–H groups in total. The van der Waals surface area contributed by atoms with Crippen molar-refractivity contribution >= 4 is 0 Å². The lowest BCUT2D eigenvalue weighted by atomic mass is 10.2. The van der Waals surface area contributed by atoms with Gasteiger partial charge in [0.2, 0.25) is 0 Å². The molecule has 12 heavy (non-hydrogen) atoms. The van der Waals surface area contributed by atoms with E-state index in [-0.39, 0.29) is 12.5 Å². The lowest BCUT2D eigenvalue weighted by molar-refractivity contribution is -0.0427. The minimum absolute atomic E-state index is 0.114. The minimum atomic E-state index is 0.114. The summed E-state index contributed by atoms with van der Waals surface area (Å²) in [5.74, 6) is 0.114. The minimum Gasteiger partial charge on any atom is -0.396 e. The quantitative estimate of drug-likeness (QED) is 0.593. The topological polar surface area (TPSA) is 47.9 Å². The van der Waals surface area contributed by atoms with Crippen LogP contribution in [0.3, 0.4) is 0 Å². The highest BCUT2D eigenvalue weighted by Gasteiger charge is 2.08. The van der Waals surface area contributed by atoms with Crippen LogP contribution in [0.15, 0.2) is 0 Å². The van der Waals surface area contributed by atoms with Crippen molar-refractivity contribution in [3.05, 3.63) is 0 Å². The second-order valence-corrected chi connectivity index (χ2v) is 2.81. The SMILES string of the molecule is OCC1COCCOCCOC1. The lowest BCUT2D eigenvalue weighted by Gasteiger charge is -2.16. The number of hydrogen-bond donors (Lipinski definition) is 1. The Morgan fingerprint density at radius 3 is 1.92 bits per heavy atom. The Morgan fingerprint density at radius 1 is 0.917 bits per heavy atom. The molecule has 0 atom stereocenters. The van der Waals surface area contributed by atoms with E-state index in [4.69, 9.17) is 19.3 Å². The summed E-state index contributed by atoms with van der Waals surface area (Å²) in [6.45, 7) is 3.68. The average molecular weight is 176 g/mol. The first-order valence-corrected chi connectivity index (χ1v) is 4.27. The van der Waals surface area contributed by atoms with Crippen molar-refractivity contribution in [3.8, 4) is 0 Å². The standard InChI is InChI=1S/C8H16O4/c9-5-8-6-11-3-1-10-2-4-12-7-8/h8-9H,1-7H2. The van der Waals surface area contributed by atoms with Crippen LogP contribution in [0.25, 0.3) is 0 Å². The van der Waals surface area contributed by atoms with E-state index >= 15 is 0 Å². The van der Waals surface area contributed by atoms with Gasteiger partial charge < -0.3 is 19.3 Å². The van der Waals surface area contributed by atoms with E-state index in [9.17, 15) is 0 Å². The van der Waals surface area contributed by atoms with Crippen LogP contribution in [0.5, 0.6) is 0 Å². The van der Waals surface area contributed by atoms with Gasteiger partial charge in [-0.25, -0.2) is 0 Å². The summed E-state index contributed by atoms with van der Waals surface area (Å²) in [6, 6.07) is 0. The molecule has 0 amide bonds. The zero-order valence-electron chi connectivity index (χ0n) is 7.20. The first kappa shape index (κ1) is 9.92. The molecule has 1 aliphatic rings. The summed E-state index contributed by atoms with van der Waals surface area (Å²) in [7, 11) is 0. The molecule has 1 heterocycles. The molecule has 0 aromatic carbocycles. The molecule has 0 aromatic heterocycles. The number of hydrogen-bond acceptors (Lipinski definition) is 4. The molecule has 1 rings (SSSR count). The van der Waals surface area contributed by atoms with Crippen LogP contribution in [0.2, 0.25) is 0 Å². The average Bonchev–Trinajstić information content (AvgIpc) is 2.14. The van der Waals surface area contributed by atoms with Gasteiger partial charge in [0.1, 0.15) is 0 Å². The maximum Gasteiger partial charge on any atom is 0.0701 e. The van der Waals surface area contributed by atoms with Crippen LogP contribution in [0.4, 0.5) is 0 Å². The molecular formula is C8H16O4. The Balaban J connectivity index is 2.17. The zero-order chi connectivity index (χ0) is 8.65. The molecule has 0 aromatic rings. The second-order valence-electron chi connectivity index (χ2n) is 2.81. The van der Waals surface area contributed by atoms with E-state index in [1.165, 1.54) is 0 Å². The fourth-order valence-corrected chi connectivity index (χ4v) is 0.991. The molecular weight excluding hydrogens is 160 g/mol. The van der Waals surface area contributed by atoms with Crippen LogP contribution in [-0.4, -0.2) is 51.4 Å². The summed E-state index contributed by atoms with van der Waals surface area (Å²) in [6.07, 6.45) is 0. The first-order chi connectivity index (χ1) is 5.93. The van der Waals surface area contributed by atoms with Gasteiger partial charge in [0, 0.05) is 5.92 Å². The van der Waals surface area contributed by atoms with Crippen LogP contribution in [-0.2, 0) is 14.2 Å². The molecule has 4 heteroatoms. The summed E-state index contributed by atoms with van der Waals surface area (Å²) >= 11 is 0. The van der Waals surface area contributed by atoms with E-state index in [1.54, 1.807) is 0 Å². The van der Waals surface area contributed by atoms with Crippen LogP contribution >= 0.6 is 0 Å². The fourth-order valence-electron chi connectivity index (χ4n) is 0.991. The molecule has 0 aliphatic carbocycles. The molecule has 1 saturated heterocycles. The van der Waals surface area contributed by atoms with Gasteiger partial charge in [-0.15, -0.1) is 0 Å². The van der Waals surface area contributed by atoms with Crippen molar-refractivity contribution in [2.75, 3.05) is 46.2 Å². The highest BCUT2D eigenvalue weighted by Crippen LogP contribution is 1.99. The van der Waals surface area contributed by atoms with E-state index in [1.807, 2.05) is 0 Å². The zero-order valence-corrected chi connectivity index (χ0v) is 7.20. The maximum absolute atomic E-state index is 8.88. The summed E-state index contributed by atoms with van der Waals surface area (Å²) in [4.78, 5) is 0. The van der Waals surface area contributed by atoms with Crippen LogP contribution in [0.1, 0.15) is 0 Å². The molecule has 1 aliphatic heterocycles. The predicted octanol–water partition coefficient (Wildman–Crippen LogP) is -0.342. The van der Waals surface area contributed by atoms with Gasteiger partial charge in [-0.1, -0.05) is 0 Å². The normalized spacial score (nSPS) is 23.8. The highest BCUT2D eigenvalue weighted by molar-refractivity contribution is 4.55. The Hall–Kier alpha value is -0.160. The van der Waals surface area contributed by atoms with Gasteiger partial charge in [-0.05, 0) is 0 Å². The highest BCUT2D eigenvalue weighted by atomic mass is 16.5. The monoisotopic (exact) mass is 176 g/mol. The fraction of sp³-hybridized carbons (Fsp3) is 1.00. The van der Waals surface area contributed by atoms with Gasteiger partial charge >= 0.3 is 0 Å². The Morgan fingerprint density at radius 2 is 1.42 bits per heavy atom. The van der Waals surface area contributed by atoms with E-state index in [0.717, 1.165) is 0 Å². The number of aliphatic hydroxyl groups is 1.